The Morgan fingerprint density at radius 1 is 1.39 bits per heavy atom. The number of hydrogen-bond donors (Lipinski definition) is 0. The number of carbonyl (C=O) groups excluding carboxylic acids is 1. The molecule has 0 atom stereocenters. The first-order chi connectivity index (χ1) is 8.61. The van der Waals surface area contributed by atoms with E-state index in [-0.39, 0.29) is 5.78 Å². The fourth-order valence-electron chi connectivity index (χ4n) is 2.13. The minimum atomic E-state index is 0.0542. The van der Waals surface area contributed by atoms with Crippen molar-refractivity contribution in [2.24, 2.45) is 7.05 Å². The van der Waals surface area contributed by atoms with Gasteiger partial charge in [0.2, 0.25) is 0 Å². The molecule has 1 heterocycles. The van der Waals surface area contributed by atoms with Crippen molar-refractivity contribution in [3.63, 3.8) is 0 Å². The van der Waals surface area contributed by atoms with Gasteiger partial charge in [0, 0.05) is 18.8 Å². The van der Waals surface area contributed by atoms with E-state index in [0.717, 1.165) is 24.1 Å². The van der Waals surface area contributed by atoms with Gasteiger partial charge in [-0.25, -0.2) is 0 Å². The molecule has 0 fully saturated rings. The Bertz CT molecular complexity index is 570. The maximum absolute atomic E-state index is 12.4. The van der Waals surface area contributed by atoms with Gasteiger partial charge in [-0.2, -0.15) is 5.10 Å². The number of aromatic nitrogens is 2. The van der Waals surface area contributed by atoms with Crippen LogP contribution in [-0.2, 0) is 13.5 Å². The third-order valence-corrected chi connectivity index (χ3v) is 2.99. The summed E-state index contributed by atoms with van der Waals surface area (Å²) in [6, 6.07) is 7.87. The van der Waals surface area contributed by atoms with Gasteiger partial charge in [0.05, 0.1) is 11.3 Å². The van der Waals surface area contributed by atoms with Crippen LogP contribution in [0.1, 0.15) is 40.5 Å². The van der Waals surface area contributed by atoms with Gasteiger partial charge in [0.1, 0.15) is 0 Å². The van der Waals surface area contributed by atoms with Gasteiger partial charge >= 0.3 is 0 Å². The van der Waals surface area contributed by atoms with Crippen molar-refractivity contribution in [2.45, 2.75) is 26.7 Å². The molecule has 0 saturated carbocycles. The number of rotatable bonds is 4. The lowest BCUT2D eigenvalue weighted by Crippen LogP contribution is -2.02. The molecular weight excluding hydrogens is 224 g/mol. The zero-order valence-corrected chi connectivity index (χ0v) is 11.1. The second-order valence-corrected chi connectivity index (χ2v) is 4.58. The van der Waals surface area contributed by atoms with E-state index in [1.54, 1.807) is 10.9 Å². The predicted molar refractivity (Wildman–Crippen MR) is 71.8 cm³/mol. The molecule has 0 aliphatic rings. The molecule has 1 aromatic carbocycles. The molecule has 0 amide bonds. The van der Waals surface area contributed by atoms with E-state index in [1.165, 1.54) is 5.56 Å². The van der Waals surface area contributed by atoms with Gasteiger partial charge in [-0.1, -0.05) is 31.5 Å². The normalized spacial score (nSPS) is 10.6. The van der Waals surface area contributed by atoms with E-state index in [2.05, 4.69) is 18.1 Å². The van der Waals surface area contributed by atoms with Gasteiger partial charge in [0.25, 0.3) is 0 Å². The molecule has 94 valence electrons. The molecule has 18 heavy (non-hydrogen) atoms. The lowest BCUT2D eigenvalue weighted by molar-refractivity contribution is 0.103. The predicted octanol–water partition coefficient (Wildman–Crippen LogP) is 2.91. The Kier molecular flexibility index (Phi) is 3.60. The van der Waals surface area contributed by atoms with Crippen molar-refractivity contribution < 1.29 is 4.79 Å². The van der Waals surface area contributed by atoms with Gasteiger partial charge in [-0.15, -0.1) is 0 Å². The second kappa shape index (κ2) is 5.17. The van der Waals surface area contributed by atoms with Crippen LogP contribution in [0, 0.1) is 6.92 Å². The SMILES string of the molecule is CCCc1cccc(C(=O)c2cn(C)nc2C)c1. The molecule has 0 spiro atoms. The molecule has 0 aliphatic heterocycles. The smallest absolute Gasteiger partial charge is 0.196 e. The van der Waals surface area contributed by atoms with Crippen molar-refractivity contribution >= 4 is 5.78 Å². The van der Waals surface area contributed by atoms with Crippen LogP contribution in [0.3, 0.4) is 0 Å². The van der Waals surface area contributed by atoms with Crippen LogP contribution in [0.5, 0.6) is 0 Å². The van der Waals surface area contributed by atoms with Crippen LogP contribution in [0.15, 0.2) is 30.5 Å². The molecule has 0 saturated heterocycles. The first-order valence-corrected chi connectivity index (χ1v) is 6.25. The van der Waals surface area contributed by atoms with Gasteiger partial charge in [-0.05, 0) is 25.0 Å². The molecule has 0 bridgehead atoms. The third-order valence-electron chi connectivity index (χ3n) is 2.99. The average molecular weight is 242 g/mol. The van der Waals surface area contributed by atoms with Crippen LogP contribution >= 0.6 is 0 Å². The quantitative estimate of drug-likeness (QED) is 0.773. The summed E-state index contributed by atoms with van der Waals surface area (Å²) in [6.07, 6.45) is 3.88. The van der Waals surface area contributed by atoms with E-state index >= 15 is 0 Å². The Morgan fingerprint density at radius 2 is 2.17 bits per heavy atom. The lowest BCUT2D eigenvalue weighted by Gasteiger charge is -2.03. The van der Waals surface area contributed by atoms with E-state index in [4.69, 9.17) is 0 Å². The molecule has 0 aliphatic carbocycles. The van der Waals surface area contributed by atoms with Gasteiger partial charge in [-0.3, -0.25) is 9.48 Å². The highest BCUT2D eigenvalue weighted by Crippen LogP contribution is 2.15. The molecule has 0 N–H and O–H groups in total. The number of benzene rings is 1. The summed E-state index contributed by atoms with van der Waals surface area (Å²) >= 11 is 0. The van der Waals surface area contributed by atoms with Crippen LogP contribution in [-0.4, -0.2) is 15.6 Å². The van der Waals surface area contributed by atoms with Crippen LogP contribution < -0.4 is 0 Å². The molecular formula is C15H18N2O. The lowest BCUT2D eigenvalue weighted by atomic mass is 10.0. The van der Waals surface area contributed by atoms with E-state index in [0.29, 0.717) is 5.56 Å². The molecule has 3 nitrogen and oxygen atoms in total. The van der Waals surface area contributed by atoms with E-state index in [1.807, 2.05) is 32.2 Å². The van der Waals surface area contributed by atoms with Crippen molar-refractivity contribution in [1.29, 1.82) is 0 Å². The summed E-state index contributed by atoms with van der Waals surface area (Å²) in [5.74, 6) is 0.0542. The van der Waals surface area contributed by atoms with E-state index < -0.39 is 0 Å². The summed E-state index contributed by atoms with van der Waals surface area (Å²) in [6.45, 7) is 4.00. The molecule has 1 aromatic heterocycles. The summed E-state index contributed by atoms with van der Waals surface area (Å²) in [5, 5.41) is 4.21. The zero-order valence-electron chi connectivity index (χ0n) is 11.1. The van der Waals surface area contributed by atoms with Crippen molar-refractivity contribution in [3.05, 3.63) is 52.8 Å². The minimum absolute atomic E-state index is 0.0542. The fraction of sp³-hybridized carbons (Fsp3) is 0.333. The topological polar surface area (TPSA) is 34.9 Å². The minimum Gasteiger partial charge on any atom is -0.288 e. The molecule has 3 heteroatoms. The maximum Gasteiger partial charge on any atom is 0.196 e. The second-order valence-electron chi connectivity index (χ2n) is 4.58. The Labute approximate surface area is 107 Å². The molecule has 0 radical (unpaired) electrons. The summed E-state index contributed by atoms with van der Waals surface area (Å²) in [5.41, 5.74) is 3.43. The summed E-state index contributed by atoms with van der Waals surface area (Å²) < 4.78 is 1.68. The number of carbonyl (C=O) groups is 1. The fourth-order valence-corrected chi connectivity index (χ4v) is 2.13. The molecule has 2 rings (SSSR count). The largest absolute Gasteiger partial charge is 0.288 e. The molecule has 0 unspecified atom stereocenters. The van der Waals surface area contributed by atoms with Crippen LogP contribution in [0.2, 0.25) is 0 Å². The van der Waals surface area contributed by atoms with Crippen LogP contribution in [0.25, 0.3) is 0 Å². The number of ketones is 1. The first kappa shape index (κ1) is 12.6. The van der Waals surface area contributed by atoms with Gasteiger partial charge in [0.15, 0.2) is 5.78 Å². The van der Waals surface area contributed by atoms with Crippen molar-refractivity contribution in [1.82, 2.24) is 9.78 Å². The van der Waals surface area contributed by atoms with Crippen molar-refractivity contribution in [2.75, 3.05) is 0 Å². The summed E-state index contributed by atoms with van der Waals surface area (Å²) in [4.78, 5) is 12.4. The van der Waals surface area contributed by atoms with Gasteiger partial charge < -0.3 is 0 Å². The number of hydrogen-bond acceptors (Lipinski definition) is 2. The number of aryl methyl sites for hydroxylation is 3. The third kappa shape index (κ3) is 2.50. The highest BCUT2D eigenvalue weighted by molar-refractivity contribution is 6.09. The molecule has 2 aromatic rings. The Hall–Kier alpha value is -1.90. The Morgan fingerprint density at radius 3 is 2.78 bits per heavy atom. The van der Waals surface area contributed by atoms with Crippen molar-refractivity contribution in [3.8, 4) is 0 Å². The van der Waals surface area contributed by atoms with E-state index in [9.17, 15) is 4.79 Å². The zero-order chi connectivity index (χ0) is 13.1. The standard InChI is InChI=1S/C15H18N2O/c1-4-6-12-7-5-8-13(9-12)15(18)14-10-17(3)16-11(14)2/h5,7-10H,4,6H2,1-3H3. The monoisotopic (exact) mass is 242 g/mol. The summed E-state index contributed by atoms with van der Waals surface area (Å²) in [7, 11) is 1.83. The van der Waals surface area contributed by atoms with Crippen LogP contribution in [0.4, 0.5) is 0 Å². The highest BCUT2D eigenvalue weighted by atomic mass is 16.1. The highest BCUT2D eigenvalue weighted by Gasteiger charge is 2.14. The first-order valence-electron chi connectivity index (χ1n) is 6.25. The average Bonchev–Trinajstić information content (AvgIpc) is 2.68. The Balaban J connectivity index is 2.34. The maximum atomic E-state index is 12.4. The number of nitrogens with zero attached hydrogens (tertiary/aromatic N) is 2.